The first kappa shape index (κ1) is 21.3. The monoisotopic (exact) mass is 430 g/mol. The van der Waals surface area contributed by atoms with Crippen LogP contribution in [0.25, 0.3) is 0 Å². The number of hydrogen-bond acceptors (Lipinski definition) is 7. The maximum absolute atomic E-state index is 12.4. The number of hydrogen-bond donors (Lipinski definition) is 1. The van der Waals surface area contributed by atoms with Crippen LogP contribution < -0.4 is 19.0 Å². The average Bonchev–Trinajstić information content (AvgIpc) is 3.20. The van der Waals surface area contributed by atoms with Gasteiger partial charge in [0.2, 0.25) is 0 Å². The third-order valence-electron chi connectivity index (χ3n) is 4.18. The molecule has 0 spiro atoms. The van der Waals surface area contributed by atoms with Crippen LogP contribution in [-0.2, 0) is 16.6 Å². The van der Waals surface area contributed by atoms with Crippen molar-refractivity contribution in [2.75, 3.05) is 14.2 Å². The molecule has 0 bridgehead atoms. The van der Waals surface area contributed by atoms with Gasteiger partial charge in [0.1, 0.15) is 23.9 Å². The van der Waals surface area contributed by atoms with Gasteiger partial charge >= 0.3 is 0 Å². The van der Waals surface area contributed by atoms with Crippen molar-refractivity contribution in [3.8, 4) is 17.2 Å². The normalized spacial score (nSPS) is 11.4. The van der Waals surface area contributed by atoms with Crippen molar-refractivity contribution in [1.29, 1.82) is 0 Å². The van der Waals surface area contributed by atoms with E-state index in [0.717, 1.165) is 11.3 Å². The summed E-state index contributed by atoms with van der Waals surface area (Å²) in [5.74, 6) is 2.47. The quantitative estimate of drug-likeness (QED) is 0.412. The smallest absolute Gasteiger partial charge is 0.276 e. The minimum atomic E-state index is -3.88. The van der Waals surface area contributed by atoms with Crippen LogP contribution in [0.15, 0.2) is 69.0 Å². The van der Waals surface area contributed by atoms with Gasteiger partial charge in [0.15, 0.2) is 11.5 Å². The summed E-state index contributed by atoms with van der Waals surface area (Å²) in [5.41, 5.74) is 1.02. The van der Waals surface area contributed by atoms with Crippen molar-refractivity contribution < 1.29 is 27.0 Å². The minimum Gasteiger partial charge on any atom is -0.493 e. The first-order valence-corrected chi connectivity index (χ1v) is 10.5. The number of benzene rings is 2. The van der Waals surface area contributed by atoms with Gasteiger partial charge in [0.25, 0.3) is 10.0 Å². The molecule has 158 valence electrons. The number of nitrogens with zero attached hydrogens (tertiary/aromatic N) is 1. The van der Waals surface area contributed by atoms with Crippen LogP contribution in [0.1, 0.15) is 17.1 Å². The Balaban J connectivity index is 1.62. The predicted molar refractivity (Wildman–Crippen MR) is 112 cm³/mol. The molecule has 0 fully saturated rings. The number of rotatable bonds is 9. The van der Waals surface area contributed by atoms with E-state index in [1.807, 2.05) is 31.2 Å². The van der Waals surface area contributed by atoms with Crippen molar-refractivity contribution in [2.24, 2.45) is 5.10 Å². The van der Waals surface area contributed by atoms with Crippen LogP contribution in [-0.4, -0.2) is 28.9 Å². The van der Waals surface area contributed by atoms with Crippen molar-refractivity contribution >= 4 is 16.2 Å². The molecule has 2 aromatic carbocycles. The number of para-hydroxylation sites is 1. The number of nitrogens with one attached hydrogen (secondary N) is 1. The van der Waals surface area contributed by atoms with E-state index in [2.05, 4.69) is 9.93 Å². The van der Waals surface area contributed by atoms with Gasteiger partial charge in [0.05, 0.1) is 25.3 Å². The van der Waals surface area contributed by atoms with E-state index in [9.17, 15) is 8.42 Å². The fraction of sp³-hybridized carbons (Fsp3) is 0.190. The maximum Gasteiger partial charge on any atom is 0.276 e. The number of hydrazone groups is 1. The molecular weight excluding hydrogens is 408 g/mol. The molecule has 9 heteroatoms. The van der Waals surface area contributed by atoms with Crippen molar-refractivity contribution in [3.05, 3.63) is 71.7 Å². The van der Waals surface area contributed by atoms with E-state index < -0.39 is 10.0 Å². The molecule has 1 N–H and O–H groups in total. The Morgan fingerprint density at radius 1 is 1.00 bits per heavy atom. The van der Waals surface area contributed by atoms with Crippen molar-refractivity contribution in [3.63, 3.8) is 0 Å². The highest BCUT2D eigenvalue weighted by Crippen LogP contribution is 2.29. The summed E-state index contributed by atoms with van der Waals surface area (Å²) < 4.78 is 46.4. The van der Waals surface area contributed by atoms with Gasteiger partial charge in [-0.3, -0.25) is 0 Å². The molecule has 30 heavy (non-hydrogen) atoms. The first-order valence-electron chi connectivity index (χ1n) is 8.97. The zero-order valence-corrected chi connectivity index (χ0v) is 17.6. The van der Waals surface area contributed by atoms with Crippen molar-refractivity contribution in [1.82, 2.24) is 4.83 Å². The van der Waals surface area contributed by atoms with E-state index in [-0.39, 0.29) is 11.5 Å². The van der Waals surface area contributed by atoms with Crippen LogP contribution in [0, 0.1) is 6.92 Å². The van der Waals surface area contributed by atoms with E-state index in [1.54, 1.807) is 12.1 Å². The molecule has 0 unspecified atom stereocenters. The highest BCUT2D eigenvalue weighted by atomic mass is 32.2. The SMILES string of the molecule is COc1ccc(S(=O)(=O)NN=Cc2ccc(COc3ccccc3C)o2)cc1OC. The van der Waals surface area contributed by atoms with E-state index in [1.165, 1.54) is 38.6 Å². The molecule has 0 aliphatic carbocycles. The number of methoxy groups -OCH3 is 2. The highest BCUT2D eigenvalue weighted by molar-refractivity contribution is 7.89. The lowest BCUT2D eigenvalue weighted by Crippen LogP contribution is -2.18. The Hall–Kier alpha value is -3.46. The lowest BCUT2D eigenvalue weighted by molar-refractivity contribution is 0.268. The Kier molecular flexibility index (Phi) is 6.63. The van der Waals surface area contributed by atoms with E-state index in [0.29, 0.717) is 23.0 Å². The minimum absolute atomic E-state index is 0.0101. The van der Waals surface area contributed by atoms with Gasteiger partial charge in [-0.1, -0.05) is 18.2 Å². The Bertz CT molecular complexity index is 1140. The van der Waals surface area contributed by atoms with Gasteiger partial charge in [0, 0.05) is 6.07 Å². The number of sulfonamides is 1. The van der Waals surface area contributed by atoms with Crippen LogP contribution in [0.2, 0.25) is 0 Å². The van der Waals surface area contributed by atoms with Gasteiger partial charge in [-0.15, -0.1) is 0 Å². The van der Waals surface area contributed by atoms with Crippen LogP contribution in [0.3, 0.4) is 0 Å². The summed E-state index contributed by atoms with van der Waals surface area (Å²) in [5, 5.41) is 3.76. The first-order chi connectivity index (χ1) is 14.4. The van der Waals surface area contributed by atoms with Gasteiger partial charge < -0.3 is 18.6 Å². The number of aryl methyl sites for hydroxylation is 1. The van der Waals surface area contributed by atoms with Gasteiger partial charge in [-0.2, -0.15) is 18.4 Å². The van der Waals surface area contributed by atoms with E-state index >= 15 is 0 Å². The van der Waals surface area contributed by atoms with Crippen LogP contribution in [0.4, 0.5) is 0 Å². The summed E-state index contributed by atoms with van der Waals surface area (Å²) in [7, 11) is -0.984. The van der Waals surface area contributed by atoms with Crippen LogP contribution in [0.5, 0.6) is 17.2 Å². The Morgan fingerprint density at radius 3 is 2.50 bits per heavy atom. The Labute approximate surface area is 175 Å². The van der Waals surface area contributed by atoms with Gasteiger partial charge in [-0.05, 0) is 42.8 Å². The van der Waals surface area contributed by atoms with Crippen LogP contribution >= 0.6 is 0 Å². The summed E-state index contributed by atoms with van der Waals surface area (Å²) in [4.78, 5) is 2.13. The summed E-state index contributed by atoms with van der Waals surface area (Å²) in [6.45, 7) is 2.20. The molecule has 3 aromatic rings. The average molecular weight is 430 g/mol. The largest absolute Gasteiger partial charge is 0.493 e. The van der Waals surface area contributed by atoms with Gasteiger partial charge in [-0.25, -0.2) is 0 Å². The molecule has 1 aromatic heterocycles. The molecule has 0 atom stereocenters. The fourth-order valence-electron chi connectivity index (χ4n) is 2.60. The highest BCUT2D eigenvalue weighted by Gasteiger charge is 2.16. The molecule has 0 aliphatic rings. The molecule has 0 saturated carbocycles. The molecule has 0 radical (unpaired) electrons. The topological polar surface area (TPSA) is 99.4 Å². The number of ether oxygens (including phenoxy) is 3. The molecule has 0 amide bonds. The third-order valence-corrected chi connectivity index (χ3v) is 5.40. The fourth-order valence-corrected chi connectivity index (χ4v) is 3.41. The second-order valence-corrected chi connectivity index (χ2v) is 7.89. The second kappa shape index (κ2) is 9.36. The summed E-state index contributed by atoms with van der Waals surface area (Å²) >= 11 is 0. The molecule has 8 nitrogen and oxygen atoms in total. The second-order valence-electron chi connectivity index (χ2n) is 6.23. The van der Waals surface area contributed by atoms with Crippen molar-refractivity contribution in [2.45, 2.75) is 18.4 Å². The molecule has 0 aliphatic heterocycles. The third kappa shape index (κ3) is 5.12. The lowest BCUT2D eigenvalue weighted by Gasteiger charge is -2.09. The standard InChI is InChI=1S/C21H22N2O6S/c1-15-6-4-5-7-19(15)28-14-17-9-8-16(29-17)13-22-23-30(24,25)18-10-11-20(26-2)21(12-18)27-3/h4-13,23H,14H2,1-3H3. The molecule has 3 rings (SSSR count). The molecular formula is C21H22N2O6S. The van der Waals surface area contributed by atoms with E-state index in [4.69, 9.17) is 18.6 Å². The Morgan fingerprint density at radius 2 is 1.77 bits per heavy atom. The number of furan rings is 1. The molecule has 0 saturated heterocycles. The zero-order valence-electron chi connectivity index (χ0n) is 16.8. The summed E-state index contributed by atoms with van der Waals surface area (Å²) in [6.07, 6.45) is 1.27. The maximum atomic E-state index is 12.4. The predicted octanol–water partition coefficient (Wildman–Crippen LogP) is 3.50. The summed E-state index contributed by atoms with van der Waals surface area (Å²) in [6, 6.07) is 15.3. The zero-order chi connectivity index (χ0) is 21.6. The molecule has 1 heterocycles. The lowest BCUT2D eigenvalue weighted by atomic mass is 10.2.